The molecule has 0 bridgehead atoms. The van der Waals surface area contributed by atoms with Gasteiger partial charge in [0.05, 0.1) is 13.7 Å². The highest BCUT2D eigenvalue weighted by Crippen LogP contribution is 2.21. The van der Waals surface area contributed by atoms with Crippen molar-refractivity contribution in [3.05, 3.63) is 53.6 Å². The molecule has 2 amide bonds. The summed E-state index contributed by atoms with van der Waals surface area (Å²) in [5, 5.41) is 3.31. The van der Waals surface area contributed by atoms with Gasteiger partial charge in [0.25, 0.3) is 5.91 Å². The minimum atomic E-state index is -0.341. The number of hydrogen-bond acceptors (Lipinski definition) is 5. The second-order valence-corrected chi connectivity index (χ2v) is 7.03. The van der Waals surface area contributed by atoms with E-state index in [4.69, 9.17) is 21.1 Å². The van der Waals surface area contributed by atoms with Crippen molar-refractivity contribution in [3.8, 4) is 11.5 Å². The van der Waals surface area contributed by atoms with Crippen LogP contribution in [-0.4, -0.2) is 63.2 Å². The van der Waals surface area contributed by atoms with Gasteiger partial charge in [-0.15, -0.1) is 0 Å². The fourth-order valence-electron chi connectivity index (χ4n) is 3.04. The number of benzene rings is 2. The predicted octanol–water partition coefficient (Wildman–Crippen LogP) is 2.19. The first-order chi connectivity index (χ1) is 14.0. The molecule has 0 saturated carbocycles. The quantitative estimate of drug-likeness (QED) is 0.747. The summed E-state index contributed by atoms with van der Waals surface area (Å²) in [6.45, 7) is 2.46. The monoisotopic (exact) mass is 417 g/mol. The highest BCUT2D eigenvalue weighted by atomic mass is 35.5. The van der Waals surface area contributed by atoms with Crippen molar-refractivity contribution in [3.63, 3.8) is 0 Å². The second-order valence-electron chi connectivity index (χ2n) is 6.59. The van der Waals surface area contributed by atoms with Crippen LogP contribution in [0.4, 0.5) is 5.69 Å². The Morgan fingerprint density at radius 1 is 1.03 bits per heavy atom. The third-order valence-corrected chi connectivity index (χ3v) is 4.91. The molecule has 0 aromatic heterocycles. The molecule has 7 nitrogen and oxygen atoms in total. The van der Waals surface area contributed by atoms with Gasteiger partial charge in [-0.1, -0.05) is 17.7 Å². The molecule has 0 spiro atoms. The van der Waals surface area contributed by atoms with Gasteiger partial charge in [0, 0.05) is 36.9 Å². The fourth-order valence-corrected chi connectivity index (χ4v) is 3.23. The van der Waals surface area contributed by atoms with Crippen LogP contribution in [-0.2, 0) is 9.59 Å². The summed E-state index contributed by atoms with van der Waals surface area (Å²) in [6.07, 6.45) is 0. The number of anilines is 1. The SMILES string of the molecule is COc1ccc(OCC(=O)NCC(=O)N2CCN(c3cccc(Cl)c3)CC2)cc1. The van der Waals surface area contributed by atoms with Crippen LogP contribution < -0.4 is 19.7 Å². The first-order valence-electron chi connectivity index (χ1n) is 9.37. The van der Waals surface area contributed by atoms with Crippen molar-refractivity contribution < 1.29 is 19.1 Å². The molecule has 0 atom stereocenters. The van der Waals surface area contributed by atoms with Gasteiger partial charge in [0.1, 0.15) is 11.5 Å². The summed E-state index contributed by atoms with van der Waals surface area (Å²) in [5.74, 6) is 0.826. The van der Waals surface area contributed by atoms with Crippen LogP contribution in [0.2, 0.25) is 5.02 Å². The number of nitrogens with one attached hydrogen (secondary N) is 1. The summed E-state index contributed by atoms with van der Waals surface area (Å²) < 4.78 is 10.5. The summed E-state index contributed by atoms with van der Waals surface area (Å²) in [6, 6.07) is 14.6. The number of piperazine rings is 1. The van der Waals surface area contributed by atoms with E-state index in [1.54, 1.807) is 36.3 Å². The lowest BCUT2D eigenvalue weighted by Gasteiger charge is -2.36. The van der Waals surface area contributed by atoms with Crippen LogP contribution in [0.5, 0.6) is 11.5 Å². The minimum absolute atomic E-state index is 0.0397. The molecule has 3 rings (SSSR count). The molecular weight excluding hydrogens is 394 g/mol. The summed E-state index contributed by atoms with van der Waals surface area (Å²) in [5.41, 5.74) is 1.05. The van der Waals surface area contributed by atoms with Crippen LogP contribution in [0.1, 0.15) is 0 Å². The molecule has 0 unspecified atom stereocenters. The molecule has 154 valence electrons. The average Bonchev–Trinajstić information content (AvgIpc) is 2.76. The van der Waals surface area contributed by atoms with E-state index in [1.807, 2.05) is 24.3 Å². The second kappa shape index (κ2) is 10.0. The summed E-state index contributed by atoms with van der Waals surface area (Å²) in [4.78, 5) is 28.3. The van der Waals surface area contributed by atoms with E-state index in [2.05, 4.69) is 10.2 Å². The zero-order chi connectivity index (χ0) is 20.6. The third kappa shape index (κ3) is 6.02. The van der Waals surface area contributed by atoms with Gasteiger partial charge in [0.15, 0.2) is 6.61 Å². The number of carbonyl (C=O) groups is 2. The van der Waals surface area contributed by atoms with Crippen molar-refractivity contribution >= 4 is 29.1 Å². The molecule has 1 heterocycles. The summed E-state index contributed by atoms with van der Waals surface area (Å²) >= 11 is 6.05. The van der Waals surface area contributed by atoms with Gasteiger partial charge in [-0.05, 0) is 42.5 Å². The van der Waals surface area contributed by atoms with Crippen LogP contribution in [0.15, 0.2) is 48.5 Å². The Bertz CT molecular complexity index is 836. The molecule has 2 aromatic carbocycles. The Morgan fingerprint density at radius 2 is 1.72 bits per heavy atom. The molecule has 2 aromatic rings. The lowest BCUT2D eigenvalue weighted by atomic mass is 10.2. The maximum Gasteiger partial charge on any atom is 0.258 e. The Labute approximate surface area is 175 Å². The highest BCUT2D eigenvalue weighted by molar-refractivity contribution is 6.30. The van der Waals surface area contributed by atoms with Crippen molar-refractivity contribution in [2.45, 2.75) is 0 Å². The zero-order valence-corrected chi connectivity index (χ0v) is 17.0. The van der Waals surface area contributed by atoms with E-state index in [0.717, 1.165) is 18.8 Å². The van der Waals surface area contributed by atoms with Crippen molar-refractivity contribution in [2.75, 3.05) is 51.3 Å². The maximum absolute atomic E-state index is 12.4. The van der Waals surface area contributed by atoms with E-state index in [9.17, 15) is 9.59 Å². The molecule has 1 N–H and O–H groups in total. The van der Waals surface area contributed by atoms with E-state index in [0.29, 0.717) is 29.6 Å². The van der Waals surface area contributed by atoms with Gasteiger partial charge in [-0.2, -0.15) is 0 Å². The normalized spacial score (nSPS) is 13.7. The zero-order valence-electron chi connectivity index (χ0n) is 16.3. The fraction of sp³-hybridized carbons (Fsp3) is 0.333. The largest absolute Gasteiger partial charge is 0.497 e. The van der Waals surface area contributed by atoms with Gasteiger partial charge < -0.3 is 24.6 Å². The van der Waals surface area contributed by atoms with Gasteiger partial charge >= 0.3 is 0 Å². The molecule has 8 heteroatoms. The number of hydrogen-bond donors (Lipinski definition) is 1. The van der Waals surface area contributed by atoms with Crippen molar-refractivity contribution in [2.24, 2.45) is 0 Å². The smallest absolute Gasteiger partial charge is 0.258 e. The molecule has 1 aliphatic heterocycles. The van der Waals surface area contributed by atoms with Gasteiger partial charge in [0.2, 0.25) is 5.91 Å². The first-order valence-corrected chi connectivity index (χ1v) is 9.75. The van der Waals surface area contributed by atoms with E-state index >= 15 is 0 Å². The Kier molecular flexibility index (Phi) is 7.19. The Balaban J connectivity index is 1.37. The molecule has 29 heavy (non-hydrogen) atoms. The molecular formula is C21H24ClN3O4. The molecule has 0 aliphatic carbocycles. The predicted molar refractivity (Wildman–Crippen MR) is 112 cm³/mol. The number of nitrogens with zero attached hydrogens (tertiary/aromatic N) is 2. The highest BCUT2D eigenvalue weighted by Gasteiger charge is 2.21. The summed E-state index contributed by atoms with van der Waals surface area (Å²) in [7, 11) is 1.58. The number of amides is 2. The van der Waals surface area contributed by atoms with E-state index in [1.165, 1.54) is 0 Å². The number of methoxy groups -OCH3 is 1. The maximum atomic E-state index is 12.4. The third-order valence-electron chi connectivity index (χ3n) is 4.67. The minimum Gasteiger partial charge on any atom is -0.497 e. The van der Waals surface area contributed by atoms with Crippen LogP contribution in [0, 0.1) is 0 Å². The molecule has 1 saturated heterocycles. The number of ether oxygens (including phenoxy) is 2. The van der Waals surface area contributed by atoms with Crippen LogP contribution in [0.25, 0.3) is 0 Å². The lowest BCUT2D eigenvalue weighted by Crippen LogP contribution is -2.51. The topological polar surface area (TPSA) is 71.1 Å². The molecule has 1 aliphatic rings. The van der Waals surface area contributed by atoms with Gasteiger partial charge in [-0.3, -0.25) is 9.59 Å². The number of rotatable bonds is 7. The first kappa shape index (κ1) is 20.8. The average molecular weight is 418 g/mol. The van der Waals surface area contributed by atoms with E-state index in [-0.39, 0.29) is 25.0 Å². The van der Waals surface area contributed by atoms with Crippen LogP contribution >= 0.6 is 11.6 Å². The number of carbonyl (C=O) groups excluding carboxylic acids is 2. The molecule has 0 radical (unpaired) electrons. The van der Waals surface area contributed by atoms with Crippen molar-refractivity contribution in [1.82, 2.24) is 10.2 Å². The van der Waals surface area contributed by atoms with Gasteiger partial charge in [-0.25, -0.2) is 0 Å². The van der Waals surface area contributed by atoms with E-state index < -0.39 is 0 Å². The van der Waals surface area contributed by atoms with Crippen LogP contribution in [0.3, 0.4) is 0 Å². The lowest BCUT2D eigenvalue weighted by molar-refractivity contribution is -0.133. The Hall–Kier alpha value is -2.93. The number of halogens is 1. The molecule has 1 fully saturated rings. The van der Waals surface area contributed by atoms with Crippen molar-refractivity contribution in [1.29, 1.82) is 0 Å². The Morgan fingerprint density at radius 3 is 2.38 bits per heavy atom. The standard InChI is InChI=1S/C21H24ClN3O4/c1-28-18-5-7-19(8-6-18)29-15-20(26)23-14-21(27)25-11-9-24(10-12-25)17-4-2-3-16(22)13-17/h2-8,13H,9-12,14-15H2,1H3,(H,23,26).